The van der Waals surface area contributed by atoms with Crippen LogP contribution in [-0.4, -0.2) is 40.5 Å². The number of nitrogens with zero attached hydrogens (tertiary/aromatic N) is 7. The summed E-state index contributed by atoms with van der Waals surface area (Å²) in [6, 6.07) is 10.3. The van der Waals surface area contributed by atoms with Crippen LogP contribution < -0.4 is 5.69 Å². The highest BCUT2D eigenvalue weighted by Gasteiger charge is 2.34. The number of imidazole rings is 1. The van der Waals surface area contributed by atoms with Crippen LogP contribution >= 0.6 is 0 Å². The van der Waals surface area contributed by atoms with Gasteiger partial charge in [-0.2, -0.15) is 5.21 Å². The van der Waals surface area contributed by atoms with Crippen LogP contribution in [0.5, 0.6) is 0 Å². The molecule has 1 N–H and O–H groups in total. The third-order valence-corrected chi connectivity index (χ3v) is 7.45. The quantitative estimate of drug-likeness (QED) is 0.369. The number of hydrogen-bond acceptors (Lipinski definition) is 5. The van der Waals surface area contributed by atoms with Crippen LogP contribution in [0.2, 0.25) is 0 Å². The Morgan fingerprint density at radius 2 is 2.03 bits per heavy atom. The van der Waals surface area contributed by atoms with Crippen molar-refractivity contribution in [2.45, 2.75) is 70.8 Å². The summed E-state index contributed by atoms with van der Waals surface area (Å²) in [7, 11) is 2.01. The summed E-state index contributed by atoms with van der Waals surface area (Å²) >= 11 is 0. The van der Waals surface area contributed by atoms with E-state index in [2.05, 4.69) is 77.6 Å². The summed E-state index contributed by atoms with van der Waals surface area (Å²) in [6.45, 7) is 9.24. The van der Waals surface area contributed by atoms with Gasteiger partial charge in [0.1, 0.15) is 5.82 Å². The second kappa shape index (κ2) is 10.0. The third kappa shape index (κ3) is 4.68. The maximum absolute atomic E-state index is 14.2. The van der Waals surface area contributed by atoms with Crippen LogP contribution in [0.3, 0.4) is 0 Å². The molecule has 9 heteroatoms. The van der Waals surface area contributed by atoms with Gasteiger partial charge >= 0.3 is 5.69 Å². The van der Waals surface area contributed by atoms with E-state index >= 15 is 0 Å². The molecule has 4 aromatic rings. The summed E-state index contributed by atoms with van der Waals surface area (Å²) in [5.41, 5.74) is 3.59. The summed E-state index contributed by atoms with van der Waals surface area (Å²) < 4.78 is 5.86. The minimum Gasteiger partial charge on any atom is -0.337 e. The van der Waals surface area contributed by atoms with E-state index < -0.39 is 5.41 Å². The minimum absolute atomic E-state index is 0.0204. The van der Waals surface area contributed by atoms with Crippen molar-refractivity contribution in [3.05, 3.63) is 82.3 Å². The van der Waals surface area contributed by atoms with Crippen LogP contribution in [0.15, 0.2) is 64.8 Å². The molecule has 4 heterocycles. The predicted molar refractivity (Wildman–Crippen MR) is 150 cm³/mol. The van der Waals surface area contributed by atoms with Crippen molar-refractivity contribution >= 4 is 6.21 Å². The molecule has 0 spiro atoms. The molecule has 0 radical (unpaired) electrons. The van der Waals surface area contributed by atoms with Crippen molar-refractivity contribution in [1.82, 2.24) is 34.3 Å². The zero-order valence-corrected chi connectivity index (χ0v) is 22.8. The van der Waals surface area contributed by atoms with E-state index in [0.29, 0.717) is 18.8 Å². The van der Waals surface area contributed by atoms with Gasteiger partial charge in [0.2, 0.25) is 5.82 Å². The molecule has 1 atom stereocenters. The van der Waals surface area contributed by atoms with Gasteiger partial charge in [-0.3, -0.25) is 14.1 Å². The number of aryl methyl sites for hydroxylation is 2. The van der Waals surface area contributed by atoms with Gasteiger partial charge in [-0.25, -0.2) is 4.79 Å². The van der Waals surface area contributed by atoms with Crippen molar-refractivity contribution in [2.24, 2.45) is 12.0 Å². The number of nitrogens with one attached hydrogen (secondary N) is 1. The van der Waals surface area contributed by atoms with Crippen molar-refractivity contribution in [3.63, 3.8) is 0 Å². The highest BCUT2D eigenvalue weighted by Crippen LogP contribution is 2.35. The van der Waals surface area contributed by atoms with Gasteiger partial charge in [-0.15, -0.1) is 10.2 Å². The Hall–Kier alpha value is -4.01. The van der Waals surface area contributed by atoms with Gasteiger partial charge in [0.25, 0.3) is 0 Å². The summed E-state index contributed by atoms with van der Waals surface area (Å²) in [5.74, 6) is 1.47. The average Bonchev–Trinajstić information content (AvgIpc) is 3.64. The molecule has 9 nitrogen and oxygen atoms in total. The van der Waals surface area contributed by atoms with Gasteiger partial charge in [0.15, 0.2) is 0 Å². The molecule has 1 aliphatic rings. The monoisotopic (exact) mass is 512 g/mol. The van der Waals surface area contributed by atoms with Crippen molar-refractivity contribution in [2.75, 3.05) is 0 Å². The maximum Gasteiger partial charge on any atom is 0.334 e. The van der Waals surface area contributed by atoms with Crippen molar-refractivity contribution in [3.8, 4) is 17.2 Å². The van der Waals surface area contributed by atoms with Crippen LogP contribution in [0.25, 0.3) is 17.2 Å². The number of H-pyrrole nitrogens is 1. The summed E-state index contributed by atoms with van der Waals surface area (Å²) in [4.78, 5) is 18.6. The molecule has 1 aromatic carbocycles. The zero-order valence-electron chi connectivity index (χ0n) is 22.8. The van der Waals surface area contributed by atoms with E-state index in [0.717, 1.165) is 47.5 Å². The average molecular weight is 513 g/mol. The lowest BCUT2D eigenvalue weighted by molar-refractivity contribution is 0.438. The topological polar surface area (TPSA) is 98.7 Å². The number of aliphatic imine (C=N–C) groups is 1. The number of benzene rings is 1. The molecule has 198 valence electrons. The molecule has 3 aromatic heterocycles. The fourth-order valence-electron chi connectivity index (χ4n) is 5.30. The number of aromatic amines is 1. The largest absolute Gasteiger partial charge is 0.337 e. The first-order valence-corrected chi connectivity index (χ1v) is 13.2. The Kier molecular flexibility index (Phi) is 6.77. The van der Waals surface area contributed by atoms with E-state index in [9.17, 15) is 4.79 Å². The highest BCUT2D eigenvalue weighted by molar-refractivity contribution is 5.65. The smallest absolute Gasteiger partial charge is 0.334 e. The Morgan fingerprint density at radius 3 is 2.71 bits per heavy atom. The Balaban J connectivity index is 1.64. The van der Waals surface area contributed by atoms with Crippen molar-refractivity contribution < 1.29 is 0 Å². The van der Waals surface area contributed by atoms with Gasteiger partial charge in [-0.1, -0.05) is 58.4 Å². The molecule has 5 rings (SSSR count). The van der Waals surface area contributed by atoms with Crippen LogP contribution in [-0.2, 0) is 30.8 Å². The van der Waals surface area contributed by atoms with E-state index in [1.54, 1.807) is 0 Å². The van der Waals surface area contributed by atoms with Gasteiger partial charge in [-0.05, 0) is 47.6 Å². The van der Waals surface area contributed by atoms with Gasteiger partial charge < -0.3 is 4.57 Å². The SMILES string of the molecule is CCCCc1cn(-c2c(C(C)(C)C)ccn2C)c(=O)n1CC1(c2cccc(-c3nn[nH]n3)c2)C=CN=CC1. The van der Waals surface area contributed by atoms with Crippen molar-refractivity contribution in [1.29, 1.82) is 0 Å². The molecular weight excluding hydrogens is 476 g/mol. The first-order chi connectivity index (χ1) is 18.2. The lowest BCUT2D eigenvalue weighted by Crippen LogP contribution is -2.37. The minimum atomic E-state index is -0.445. The third-order valence-electron chi connectivity index (χ3n) is 7.45. The molecule has 1 unspecified atom stereocenters. The Labute approximate surface area is 222 Å². The van der Waals surface area contributed by atoms with E-state index in [-0.39, 0.29) is 11.1 Å². The standard InChI is InChI=1S/C29H36N8O/c1-6-7-11-23-19-36(26-24(28(2,3)4)12-17-35(26)5)27(38)37(23)20-29(13-15-30-16-14-29)22-10-8-9-21(18-22)25-31-33-34-32-25/h8-10,12-13,15-19H,6-7,11,14,20H2,1-5H3,(H,31,32,33,34). The van der Waals surface area contributed by atoms with E-state index in [1.165, 1.54) is 0 Å². The summed E-state index contributed by atoms with van der Waals surface area (Å²) in [6.07, 6.45) is 13.6. The number of tetrazole rings is 1. The highest BCUT2D eigenvalue weighted by atomic mass is 16.1. The fourth-order valence-corrected chi connectivity index (χ4v) is 5.30. The first-order valence-electron chi connectivity index (χ1n) is 13.2. The number of unbranched alkanes of at least 4 members (excludes halogenated alkanes) is 1. The van der Waals surface area contributed by atoms with E-state index in [4.69, 9.17) is 0 Å². The number of rotatable bonds is 8. The van der Waals surface area contributed by atoms with E-state index in [1.807, 2.05) is 57.7 Å². The van der Waals surface area contributed by atoms with Gasteiger partial charge in [0.05, 0.1) is 0 Å². The van der Waals surface area contributed by atoms with Gasteiger partial charge in [0, 0.05) is 60.6 Å². The molecule has 38 heavy (non-hydrogen) atoms. The first kappa shape index (κ1) is 25.6. The predicted octanol–water partition coefficient (Wildman–Crippen LogP) is 4.72. The number of allylic oxidation sites excluding steroid dienone is 1. The Bertz CT molecular complexity index is 1530. The molecular formula is C29H36N8O. The van der Waals surface area contributed by atoms with Crippen LogP contribution in [0, 0.1) is 0 Å². The molecule has 0 fully saturated rings. The maximum atomic E-state index is 14.2. The fraction of sp³-hybridized carbons (Fsp3) is 0.414. The molecule has 1 aliphatic heterocycles. The Morgan fingerprint density at radius 1 is 1.18 bits per heavy atom. The van der Waals surface area contributed by atoms with Crippen LogP contribution in [0.4, 0.5) is 0 Å². The number of aromatic nitrogens is 7. The lowest BCUT2D eigenvalue weighted by atomic mass is 9.76. The zero-order chi connectivity index (χ0) is 26.9. The molecule has 0 saturated heterocycles. The second-order valence-corrected chi connectivity index (χ2v) is 11.2. The second-order valence-electron chi connectivity index (χ2n) is 11.2. The van der Waals surface area contributed by atoms with Crippen LogP contribution in [0.1, 0.15) is 63.8 Å². The summed E-state index contributed by atoms with van der Waals surface area (Å²) in [5, 5.41) is 14.6. The lowest BCUT2D eigenvalue weighted by Gasteiger charge is -2.32. The molecule has 0 aliphatic carbocycles. The molecule has 0 amide bonds. The number of hydrogen-bond donors (Lipinski definition) is 1. The normalized spacial score (nSPS) is 17.4. The molecule has 0 saturated carbocycles. The molecule has 0 bridgehead atoms.